The molecule has 0 spiro atoms. The van der Waals surface area contributed by atoms with Crippen molar-refractivity contribution in [1.82, 2.24) is 0 Å². The number of hydrogen-bond acceptors (Lipinski definition) is 1. The number of hydrogen-bond donors (Lipinski definition) is 1. The second-order valence-corrected chi connectivity index (χ2v) is 3.76. The van der Waals surface area contributed by atoms with Crippen molar-refractivity contribution in [3.63, 3.8) is 0 Å². The highest BCUT2D eigenvalue weighted by Gasteiger charge is 2.16. The van der Waals surface area contributed by atoms with Gasteiger partial charge in [-0.05, 0) is 22.0 Å². The molecule has 0 radical (unpaired) electrons. The molecule has 1 amide bonds. The van der Waals surface area contributed by atoms with Crippen molar-refractivity contribution in [2.45, 2.75) is 6.92 Å². The van der Waals surface area contributed by atoms with Crippen LogP contribution in [0.5, 0.6) is 0 Å². The predicted molar refractivity (Wildman–Crippen MR) is 53.4 cm³/mol. The molecule has 0 heterocycles. The first-order valence-electron chi connectivity index (χ1n) is 3.54. The molecule has 0 aromatic heterocycles. The summed E-state index contributed by atoms with van der Waals surface area (Å²) < 4.78 is 26.2. The normalized spacial score (nSPS) is 10.1. The van der Waals surface area contributed by atoms with Gasteiger partial charge in [0.2, 0.25) is 5.91 Å². The first-order valence-corrected chi connectivity index (χ1v) is 4.71. The fraction of sp³-hybridized carbons (Fsp3) is 0.125. The van der Waals surface area contributed by atoms with Crippen LogP contribution < -0.4 is 5.32 Å². The zero-order valence-electron chi connectivity index (χ0n) is 7.00. The van der Waals surface area contributed by atoms with Crippen LogP contribution in [0.4, 0.5) is 14.5 Å². The Hall–Kier alpha value is -0.680. The van der Waals surface area contributed by atoms with Gasteiger partial charge in [-0.25, -0.2) is 8.78 Å². The van der Waals surface area contributed by atoms with Crippen molar-refractivity contribution in [3.05, 3.63) is 27.2 Å². The Morgan fingerprint density at radius 3 is 2.64 bits per heavy atom. The first kappa shape index (κ1) is 11.4. The summed E-state index contributed by atoms with van der Waals surface area (Å²) in [6, 6.07) is 0.892. The van der Waals surface area contributed by atoms with Crippen molar-refractivity contribution in [1.29, 1.82) is 0 Å². The van der Waals surface area contributed by atoms with E-state index >= 15 is 0 Å². The summed E-state index contributed by atoms with van der Waals surface area (Å²) in [5.74, 6) is -2.13. The summed E-state index contributed by atoms with van der Waals surface area (Å²) in [6.07, 6.45) is 0. The first-order chi connectivity index (χ1) is 6.43. The molecule has 0 unspecified atom stereocenters. The zero-order chi connectivity index (χ0) is 10.9. The standard InChI is InChI=1S/C8H5BrClF2NO/c1-3(14)13-8-6(10)5(11)2-4(9)7(8)12/h2H,1H3,(H,13,14). The molecule has 0 bridgehead atoms. The largest absolute Gasteiger partial charge is 0.322 e. The molecular weight excluding hydrogens is 279 g/mol. The van der Waals surface area contributed by atoms with Gasteiger partial charge in [-0.1, -0.05) is 11.6 Å². The lowest BCUT2D eigenvalue weighted by Crippen LogP contribution is -2.09. The maximum Gasteiger partial charge on any atom is 0.221 e. The van der Waals surface area contributed by atoms with Gasteiger partial charge in [0.1, 0.15) is 16.5 Å². The van der Waals surface area contributed by atoms with Crippen LogP contribution in [0.1, 0.15) is 6.92 Å². The van der Waals surface area contributed by atoms with Gasteiger partial charge in [0, 0.05) is 6.92 Å². The lowest BCUT2D eigenvalue weighted by molar-refractivity contribution is -0.114. The third-order valence-electron chi connectivity index (χ3n) is 1.41. The molecule has 0 fully saturated rings. The van der Waals surface area contributed by atoms with Gasteiger partial charge < -0.3 is 5.32 Å². The lowest BCUT2D eigenvalue weighted by Gasteiger charge is -2.08. The minimum atomic E-state index is -0.802. The molecule has 0 aliphatic rings. The summed E-state index contributed by atoms with van der Waals surface area (Å²) in [5, 5.41) is 1.66. The molecule has 0 saturated carbocycles. The van der Waals surface area contributed by atoms with Crippen molar-refractivity contribution < 1.29 is 13.6 Å². The van der Waals surface area contributed by atoms with Crippen molar-refractivity contribution in [2.75, 3.05) is 5.32 Å². The number of anilines is 1. The second-order valence-electron chi connectivity index (χ2n) is 2.52. The fourth-order valence-electron chi connectivity index (χ4n) is 0.859. The maximum atomic E-state index is 13.3. The Morgan fingerprint density at radius 1 is 1.57 bits per heavy atom. The highest BCUT2D eigenvalue weighted by Crippen LogP contribution is 2.33. The van der Waals surface area contributed by atoms with Gasteiger partial charge in [-0.3, -0.25) is 4.79 Å². The molecular formula is C8H5BrClF2NO. The smallest absolute Gasteiger partial charge is 0.221 e. The molecule has 0 aliphatic heterocycles. The van der Waals surface area contributed by atoms with Gasteiger partial charge >= 0.3 is 0 Å². The van der Waals surface area contributed by atoms with E-state index in [-0.39, 0.29) is 10.2 Å². The Morgan fingerprint density at radius 2 is 2.14 bits per heavy atom. The molecule has 1 aromatic rings. The number of halogens is 4. The molecule has 6 heteroatoms. The molecule has 0 saturated heterocycles. The summed E-state index contributed by atoms with van der Waals surface area (Å²) >= 11 is 8.26. The molecule has 76 valence electrons. The van der Waals surface area contributed by atoms with Gasteiger partial charge in [0.05, 0.1) is 4.47 Å². The second kappa shape index (κ2) is 4.23. The molecule has 14 heavy (non-hydrogen) atoms. The van der Waals surface area contributed by atoms with Crippen LogP contribution in [-0.4, -0.2) is 5.91 Å². The van der Waals surface area contributed by atoms with Gasteiger partial charge in [-0.2, -0.15) is 0 Å². The van der Waals surface area contributed by atoms with E-state index < -0.39 is 22.6 Å². The van der Waals surface area contributed by atoms with E-state index in [1.807, 2.05) is 0 Å². The van der Waals surface area contributed by atoms with Crippen LogP contribution in [0.3, 0.4) is 0 Å². The summed E-state index contributed by atoms with van der Waals surface area (Å²) in [5.41, 5.74) is -0.356. The predicted octanol–water partition coefficient (Wildman–Crippen LogP) is 3.34. The number of rotatable bonds is 1. The van der Waals surface area contributed by atoms with E-state index in [2.05, 4.69) is 21.2 Å². The zero-order valence-corrected chi connectivity index (χ0v) is 9.34. The van der Waals surface area contributed by atoms with Crippen LogP contribution in [0.25, 0.3) is 0 Å². The summed E-state index contributed by atoms with van der Waals surface area (Å²) in [4.78, 5) is 10.7. The molecule has 1 aromatic carbocycles. The average Bonchev–Trinajstić information content (AvgIpc) is 2.09. The molecule has 1 rings (SSSR count). The van der Waals surface area contributed by atoms with Crippen molar-refractivity contribution >= 4 is 39.1 Å². The van der Waals surface area contributed by atoms with Crippen LogP contribution in [0, 0.1) is 11.6 Å². The maximum absolute atomic E-state index is 13.3. The molecule has 0 atom stereocenters. The van der Waals surface area contributed by atoms with E-state index in [4.69, 9.17) is 11.6 Å². The average molecular weight is 284 g/mol. The van der Waals surface area contributed by atoms with Gasteiger partial charge in [-0.15, -0.1) is 0 Å². The van der Waals surface area contributed by atoms with E-state index in [0.717, 1.165) is 6.07 Å². The summed E-state index contributed by atoms with van der Waals surface area (Å²) in [6.45, 7) is 1.18. The highest BCUT2D eigenvalue weighted by atomic mass is 79.9. The molecule has 2 nitrogen and oxygen atoms in total. The third kappa shape index (κ3) is 2.22. The van der Waals surface area contributed by atoms with Crippen molar-refractivity contribution in [3.8, 4) is 0 Å². The van der Waals surface area contributed by atoms with E-state index in [1.165, 1.54) is 6.92 Å². The minimum Gasteiger partial charge on any atom is -0.322 e. The monoisotopic (exact) mass is 283 g/mol. The fourth-order valence-corrected chi connectivity index (χ4v) is 1.44. The number of carbonyl (C=O) groups excluding carboxylic acids is 1. The van der Waals surface area contributed by atoms with Crippen molar-refractivity contribution in [2.24, 2.45) is 0 Å². The van der Waals surface area contributed by atoms with E-state index in [1.54, 1.807) is 0 Å². The number of nitrogens with one attached hydrogen (secondary N) is 1. The minimum absolute atomic E-state index is 0.0943. The van der Waals surface area contributed by atoms with Crippen LogP contribution in [0.2, 0.25) is 5.02 Å². The van der Waals surface area contributed by atoms with E-state index in [9.17, 15) is 13.6 Å². The lowest BCUT2D eigenvalue weighted by atomic mass is 10.3. The molecule has 0 aliphatic carbocycles. The Bertz CT molecular complexity index is 371. The number of carbonyl (C=O) groups is 1. The topological polar surface area (TPSA) is 29.1 Å². The SMILES string of the molecule is CC(=O)Nc1c(F)c(Br)cc(F)c1Cl. The number of benzene rings is 1. The third-order valence-corrected chi connectivity index (χ3v) is 2.36. The number of amides is 1. The highest BCUT2D eigenvalue weighted by molar-refractivity contribution is 9.10. The van der Waals surface area contributed by atoms with Gasteiger partial charge in [0.25, 0.3) is 0 Å². The molecule has 1 N–H and O–H groups in total. The Balaban J connectivity index is 3.31. The van der Waals surface area contributed by atoms with Crippen LogP contribution >= 0.6 is 27.5 Å². The van der Waals surface area contributed by atoms with Crippen LogP contribution in [-0.2, 0) is 4.79 Å². The Labute approximate surface area is 92.4 Å². The van der Waals surface area contributed by atoms with E-state index in [0.29, 0.717) is 0 Å². The van der Waals surface area contributed by atoms with Crippen LogP contribution in [0.15, 0.2) is 10.5 Å². The Kier molecular flexibility index (Phi) is 3.44. The quantitative estimate of drug-likeness (QED) is 0.787. The van der Waals surface area contributed by atoms with Gasteiger partial charge in [0.15, 0.2) is 5.82 Å². The summed E-state index contributed by atoms with van der Waals surface area (Å²) in [7, 11) is 0.